The Hall–Kier alpha value is 0. The van der Waals surface area contributed by atoms with Gasteiger partial charge >= 0.3 is 0 Å². The Morgan fingerprint density at radius 2 is 1.78 bits per heavy atom. The van der Waals surface area contributed by atoms with Crippen molar-refractivity contribution in [1.29, 1.82) is 0 Å². The highest BCUT2D eigenvalue weighted by atomic mass is 14.2. The van der Waals surface area contributed by atoms with Crippen LogP contribution >= 0.6 is 0 Å². The molecule has 0 nitrogen and oxygen atoms in total. The molecule has 0 aromatic carbocycles. The van der Waals surface area contributed by atoms with Gasteiger partial charge in [-0.15, -0.1) is 0 Å². The monoisotopic (exact) mass is 127 g/mol. The summed E-state index contributed by atoms with van der Waals surface area (Å²) in [4.78, 5) is 0. The molecule has 0 aromatic heterocycles. The van der Waals surface area contributed by atoms with E-state index in [1.165, 1.54) is 6.42 Å². The van der Waals surface area contributed by atoms with Crippen LogP contribution in [0.25, 0.3) is 0 Å². The molecule has 0 aliphatic rings. The Balaban J connectivity index is 3.47. The van der Waals surface area contributed by atoms with Gasteiger partial charge in [0.25, 0.3) is 0 Å². The topological polar surface area (TPSA) is 0 Å². The van der Waals surface area contributed by atoms with E-state index in [2.05, 4.69) is 41.0 Å². The van der Waals surface area contributed by atoms with Crippen LogP contribution in [-0.4, -0.2) is 0 Å². The van der Waals surface area contributed by atoms with Crippen molar-refractivity contribution in [3.05, 3.63) is 6.42 Å². The highest BCUT2D eigenvalue weighted by Gasteiger charge is 2.13. The molecule has 0 aromatic rings. The second-order valence-electron chi connectivity index (χ2n) is 3.92. The molecule has 9 heavy (non-hydrogen) atoms. The minimum Gasteiger partial charge on any atom is -0.0651 e. The molecule has 1 atom stereocenters. The Morgan fingerprint density at radius 3 is 1.89 bits per heavy atom. The van der Waals surface area contributed by atoms with E-state index in [0.717, 1.165) is 5.92 Å². The molecular formula is C9H19. The van der Waals surface area contributed by atoms with Gasteiger partial charge in [0.2, 0.25) is 0 Å². The van der Waals surface area contributed by atoms with Gasteiger partial charge in [-0.3, -0.25) is 0 Å². The molecule has 0 amide bonds. The lowest BCUT2D eigenvalue weighted by Crippen LogP contribution is -2.11. The predicted octanol–water partition coefficient (Wildman–Crippen LogP) is 3.28. The van der Waals surface area contributed by atoms with Crippen LogP contribution in [0.4, 0.5) is 0 Å². The van der Waals surface area contributed by atoms with Crippen LogP contribution < -0.4 is 0 Å². The van der Waals surface area contributed by atoms with Gasteiger partial charge in [0.15, 0.2) is 0 Å². The first kappa shape index (κ1) is 9.00. The summed E-state index contributed by atoms with van der Waals surface area (Å²) >= 11 is 0. The van der Waals surface area contributed by atoms with Crippen molar-refractivity contribution in [2.24, 2.45) is 11.3 Å². The molecule has 0 aliphatic carbocycles. The molecule has 55 valence electrons. The zero-order valence-electron chi connectivity index (χ0n) is 7.36. The zero-order valence-corrected chi connectivity index (χ0v) is 7.36. The standard InChI is InChI=1S/C9H19/c1-6-8(2)7-9(3,4)5/h7-8H,6H2,1-5H3. The van der Waals surface area contributed by atoms with Crippen LogP contribution in [-0.2, 0) is 0 Å². The summed E-state index contributed by atoms with van der Waals surface area (Å²) in [5, 5.41) is 0. The molecule has 0 heterocycles. The molecule has 1 radical (unpaired) electrons. The summed E-state index contributed by atoms with van der Waals surface area (Å²) in [6.07, 6.45) is 3.67. The summed E-state index contributed by atoms with van der Waals surface area (Å²) in [6.45, 7) is 11.2. The molecule has 1 unspecified atom stereocenters. The van der Waals surface area contributed by atoms with E-state index in [4.69, 9.17) is 0 Å². The molecule has 0 aliphatic heterocycles. The van der Waals surface area contributed by atoms with Crippen molar-refractivity contribution in [1.82, 2.24) is 0 Å². The van der Waals surface area contributed by atoms with Crippen molar-refractivity contribution in [3.8, 4) is 0 Å². The Bertz CT molecular complexity index is 66.6. The minimum atomic E-state index is 0.398. The largest absolute Gasteiger partial charge is 0.0651 e. The fraction of sp³-hybridized carbons (Fsp3) is 0.889. The third-order valence-corrected chi connectivity index (χ3v) is 1.43. The van der Waals surface area contributed by atoms with Crippen molar-refractivity contribution < 1.29 is 0 Å². The van der Waals surface area contributed by atoms with Gasteiger partial charge in [-0.1, -0.05) is 41.0 Å². The Kier molecular flexibility index (Phi) is 3.24. The van der Waals surface area contributed by atoms with E-state index in [-0.39, 0.29) is 0 Å². The van der Waals surface area contributed by atoms with Gasteiger partial charge in [-0.25, -0.2) is 0 Å². The molecule has 0 saturated heterocycles. The smallest absolute Gasteiger partial charge is 0.0304 e. The molecule has 0 heteroatoms. The number of hydrogen-bond donors (Lipinski definition) is 0. The average molecular weight is 127 g/mol. The fourth-order valence-electron chi connectivity index (χ4n) is 0.971. The highest BCUT2D eigenvalue weighted by Crippen LogP contribution is 2.23. The lowest BCUT2D eigenvalue weighted by atomic mass is 9.84. The second-order valence-corrected chi connectivity index (χ2v) is 3.92. The predicted molar refractivity (Wildman–Crippen MR) is 43.2 cm³/mol. The first-order chi connectivity index (χ1) is 3.95. The molecule has 0 rings (SSSR count). The molecule has 0 N–H and O–H groups in total. The van der Waals surface area contributed by atoms with E-state index >= 15 is 0 Å². The molecule has 0 spiro atoms. The third kappa shape index (κ3) is 5.88. The van der Waals surface area contributed by atoms with E-state index in [0.29, 0.717) is 5.41 Å². The van der Waals surface area contributed by atoms with E-state index in [1.54, 1.807) is 0 Å². The van der Waals surface area contributed by atoms with Crippen LogP contribution in [0.1, 0.15) is 41.0 Å². The van der Waals surface area contributed by atoms with E-state index in [1.807, 2.05) is 0 Å². The summed E-state index contributed by atoms with van der Waals surface area (Å²) in [7, 11) is 0. The van der Waals surface area contributed by atoms with Crippen LogP contribution in [0.15, 0.2) is 0 Å². The number of hydrogen-bond acceptors (Lipinski definition) is 0. The number of rotatable bonds is 2. The highest BCUT2D eigenvalue weighted by molar-refractivity contribution is 4.84. The fourth-order valence-corrected chi connectivity index (χ4v) is 0.971. The maximum Gasteiger partial charge on any atom is -0.0304 e. The summed E-state index contributed by atoms with van der Waals surface area (Å²) in [5.41, 5.74) is 0.398. The molecule has 0 saturated carbocycles. The molecule has 0 bridgehead atoms. The van der Waals surface area contributed by atoms with Gasteiger partial charge in [-0.05, 0) is 17.8 Å². The van der Waals surface area contributed by atoms with Crippen LogP contribution in [0.5, 0.6) is 0 Å². The summed E-state index contributed by atoms with van der Waals surface area (Å²) in [6, 6.07) is 0. The summed E-state index contributed by atoms with van der Waals surface area (Å²) < 4.78 is 0. The van der Waals surface area contributed by atoms with Crippen molar-refractivity contribution in [2.75, 3.05) is 0 Å². The first-order valence-corrected chi connectivity index (χ1v) is 3.81. The summed E-state index contributed by atoms with van der Waals surface area (Å²) in [5.74, 6) is 0.769. The molecule has 0 fully saturated rings. The van der Waals surface area contributed by atoms with E-state index in [9.17, 15) is 0 Å². The van der Waals surface area contributed by atoms with Crippen molar-refractivity contribution in [3.63, 3.8) is 0 Å². The van der Waals surface area contributed by atoms with Gasteiger partial charge in [0, 0.05) is 0 Å². The van der Waals surface area contributed by atoms with Crippen molar-refractivity contribution in [2.45, 2.75) is 41.0 Å². The molecular weight excluding hydrogens is 108 g/mol. The van der Waals surface area contributed by atoms with Crippen molar-refractivity contribution >= 4 is 0 Å². The normalized spacial score (nSPS) is 15.7. The van der Waals surface area contributed by atoms with Gasteiger partial charge in [-0.2, -0.15) is 0 Å². The van der Waals surface area contributed by atoms with Gasteiger partial charge < -0.3 is 0 Å². The zero-order chi connectivity index (χ0) is 7.49. The lowest BCUT2D eigenvalue weighted by Gasteiger charge is -2.21. The van der Waals surface area contributed by atoms with Gasteiger partial charge in [0.1, 0.15) is 0 Å². The van der Waals surface area contributed by atoms with Gasteiger partial charge in [0.05, 0.1) is 0 Å². The maximum atomic E-state index is 2.41. The lowest BCUT2D eigenvalue weighted by molar-refractivity contribution is 0.419. The van der Waals surface area contributed by atoms with E-state index < -0.39 is 0 Å². The third-order valence-electron chi connectivity index (χ3n) is 1.43. The Labute approximate surface area is 59.7 Å². The maximum absolute atomic E-state index is 2.41. The van der Waals surface area contributed by atoms with Crippen LogP contribution in [0.3, 0.4) is 0 Å². The average Bonchev–Trinajstić information content (AvgIpc) is 1.62. The second kappa shape index (κ2) is 3.24. The quantitative estimate of drug-likeness (QED) is 0.534. The minimum absolute atomic E-state index is 0.398. The SMILES string of the molecule is CCC(C)[CH]C(C)(C)C. The Morgan fingerprint density at radius 1 is 1.33 bits per heavy atom. The first-order valence-electron chi connectivity index (χ1n) is 3.81. The van der Waals surface area contributed by atoms with Crippen LogP contribution in [0.2, 0.25) is 0 Å². The van der Waals surface area contributed by atoms with Crippen LogP contribution in [0, 0.1) is 17.8 Å².